The van der Waals surface area contributed by atoms with Crippen LogP contribution in [0.4, 0.5) is 13.2 Å². The van der Waals surface area contributed by atoms with Crippen molar-refractivity contribution in [2.45, 2.75) is 32.2 Å². The molecule has 4 rings (SSSR count). The molecule has 0 radical (unpaired) electrons. The molecule has 1 atom stereocenters. The van der Waals surface area contributed by atoms with Crippen molar-refractivity contribution in [2.75, 3.05) is 7.11 Å². The molecule has 1 amide bonds. The van der Waals surface area contributed by atoms with Crippen LogP contribution in [0.25, 0.3) is 5.69 Å². The highest BCUT2D eigenvalue weighted by Gasteiger charge is 2.35. The maximum absolute atomic E-state index is 13.3. The summed E-state index contributed by atoms with van der Waals surface area (Å²) < 4.78 is 52.1. The first-order chi connectivity index (χ1) is 15.7. The number of primary amides is 1. The molecule has 2 N–H and O–H groups in total. The van der Waals surface area contributed by atoms with Gasteiger partial charge in [-0.25, -0.2) is 4.68 Å². The Morgan fingerprint density at radius 2 is 2.06 bits per heavy atom. The van der Waals surface area contributed by atoms with Crippen molar-refractivity contribution >= 4 is 5.91 Å². The molecule has 7 nitrogen and oxygen atoms in total. The number of ether oxygens (including phenoxy) is 2. The first-order valence-electron chi connectivity index (χ1n) is 9.92. The third-order valence-corrected chi connectivity index (χ3v) is 5.17. The summed E-state index contributed by atoms with van der Waals surface area (Å²) in [5, 5.41) is 4.55. The standard InChI is InChI=1S/C23H19F3N4O3/c1-13-7-20-17(12-33-13)19(6-3-14-8-15(22(27)31)11-28-10-14)29-30(20)16-4-5-18(23(24,25)26)21(9-16)32-2/h4-5,8-11,13H,7,12H2,1-2H3,(H2,27,31)/t13-/m0/s1. The van der Waals surface area contributed by atoms with Gasteiger partial charge >= 0.3 is 6.18 Å². The first-order valence-corrected chi connectivity index (χ1v) is 9.92. The lowest BCUT2D eigenvalue weighted by Gasteiger charge is -2.21. The van der Waals surface area contributed by atoms with Gasteiger partial charge in [0.05, 0.1) is 42.3 Å². The van der Waals surface area contributed by atoms with E-state index in [1.807, 2.05) is 6.92 Å². The molecule has 3 aromatic rings. The summed E-state index contributed by atoms with van der Waals surface area (Å²) in [7, 11) is 1.19. The number of methoxy groups -OCH3 is 1. The number of aromatic nitrogens is 3. The Kier molecular flexibility index (Phi) is 5.82. The number of benzene rings is 1. The molecule has 0 saturated carbocycles. The molecule has 10 heteroatoms. The number of amides is 1. The van der Waals surface area contributed by atoms with Crippen LogP contribution in [0.3, 0.4) is 0 Å². The maximum Gasteiger partial charge on any atom is 0.419 e. The molecular formula is C23H19F3N4O3. The molecular weight excluding hydrogens is 437 g/mol. The number of hydrogen-bond donors (Lipinski definition) is 1. The lowest BCUT2D eigenvalue weighted by atomic mass is 10.0. The van der Waals surface area contributed by atoms with Crippen molar-refractivity contribution < 1.29 is 27.4 Å². The fourth-order valence-electron chi connectivity index (χ4n) is 3.54. The Morgan fingerprint density at radius 3 is 2.76 bits per heavy atom. The fraction of sp³-hybridized carbons (Fsp3) is 0.261. The summed E-state index contributed by atoms with van der Waals surface area (Å²) in [5.74, 6) is 4.95. The van der Waals surface area contributed by atoms with Gasteiger partial charge in [-0.1, -0.05) is 5.92 Å². The van der Waals surface area contributed by atoms with Crippen molar-refractivity contribution in [3.63, 3.8) is 0 Å². The summed E-state index contributed by atoms with van der Waals surface area (Å²) in [4.78, 5) is 15.3. The monoisotopic (exact) mass is 456 g/mol. The number of nitrogens with two attached hydrogens (primary N) is 1. The second-order valence-corrected chi connectivity index (χ2v) is 7.47. The molecule has 0 unspecified atom stereocenters. The van der Waals surface area contributed by atoms with Crippen LogP contribution in [-0.4, -0.2) is 33.9 Å². The summed E-state index contributed by atoms with van der Waals surface area (Å²) in [6.07, 6.45) is -1.30. The predicted octanol–water partition coefficient (Wildman–Crippen LogP) is 3.25. The average molecular weight is 456 g/mol. The highest BCUT2D eigenvalue weighted by atomic mass is 19.4. The van der Waals surface area contributed by atoms with Crippen LogP contribution in [0.2, 0.25) is 0 Å². The van der Waals surface area contributed by atoms with E-state index in [1.165, 1.54) is 37.7 Å². The number of rotatable bonds is 3. The number of hydrogen-bond acceptors (Lipinski definition) is 5. The van der Waals surface area contributed by atoms with Crippen molar-refractivity contribution in [3.05, 3.63) is 70.3 Å². The minimum Gasteiger partial charge on any atom is -0.496 e. The van der Waals surface area contributed by atoms with E-state index in [-0.39, 0.29) is 24.0 Å². The minimum absolute atomic E-state index is 0.0958. The molecule has 1 aliphatic rings. The summed E-state index contributed by atoms with van der Waals surface area (Å²) in [5.41, 5.74) is 7.48. The van der Waals surface area contributed by atoms with Gasteiger partial charge in [0, 0.05) is 36.0 Å². The number of fused-ring (bicyclic) bond motifs is 1. The van der Waals surface area contributed by atoms with Gasteiger partial charge in [0.25, 0.3) is 0 Å². The molecule has 170 valence electrons. The second-order valence-electron chi connectivity index (χ2n) is 7.47. The number of alkyl halides is 3. The smallest absolute Gasteiger partial charge is 0.419 e. The summed E-state index contributed by atoms with van der Waals surface area (Å²) >= 11 is 0. The van der Waals surface area contributed by atoms with Crippen molar-refractivity contribution in [1.82, 2.24) is 14.8 Å². The van der Waals surface area contributed by atoms with Crippen LogP contribution < -0.4 is 10.5 Å². The predicted molar refractivity (Wildman–Crippen MR) is 112 cm³/mol. The highest BCUT2D eigenvalue weighted by Crippen LogP contribution is 2.37. The van der Waals surface area contributed by atoms with Gasteiger partial charge < -0.3 is 15.2 Å². The van der Waals surface area contributed by atoms with Crippen LogP contribution in [0, 0.1) is 11.8 Å². The van der Waals surface area contributed by atoms with Gasteiger partial charge in [-0.05, 0) is 31.0 Å². The van der Waals surface area contributed by atoms with Crippen molar-refractivity contribution in [1.29, 1.82) is 0 Å². The van der Waals surface area contributed by atoms with E-state index in [9.17, 15) is 18.0 Å². The average Bonchev–Trinajstić information content (AvgIpc) is 3.14. The van der Waals surface area contributed by atoms with Gasteiger partial charge in [0.15, 0.2) is 0 Å². The molecule has 0 aliphatic carbocycles. The van der Waals surface area contributed by atoms with Crippen LogP contribution in [-0.2, 0) is 23.9 Å². The molecule has 3 heterocycles. The first kappa shape index (κ1) is 22.4. The van der Waals surface area contributed by atoms with E-state index >= 15 is 0 Å². The fourth-order valence-corrected chi connectivity index (χ4v) is 3.54. The van der Waals surface area contributed by atoms with Crippen LogP contribution in [0.15, 0.2) is 36.7 Å². The molecule has 2 aromatic heterocycles. The van der Waals surface area contributed by atoms with Gasteiger partial charge in [-0.3, -0.25) is 9.78 Å². The lowest BCUT2D eigenvalue weighted by Crippen LogP contribution is -2.21. The molecule has 0 saturated heterocycles. The summed E-state index contributed by atoms with van der Waals surface area (Å²) in [6, 6.07) is 5.13. The Bertz CT molecular complexity index is 1290. The van der Waals surface area contributed by atoms with Gasteiger partial charge in [0.2, 0.25) is 5.91 Å². The molecule has 0 fully saturated rings. The van der Waals surface area contributed by atoms with E-state index in [0.29, 0.717) is 23.4 Å². The van der Waals surface area contributed by atoms with E-state index in [0.717, 1.165) is 17.3 Å². The highest BCUT2D eigenvalue weighted by molar-refractivity contribution is 5.92. The van der Waals surface area contributed by atoms with Gasteiger partial charge in [-0.15, -0.1) is 0 Å². The Labute approximate surface area is 187 Å². The van der Waals surface area contributed by atoms with Crippen LogP contribution in [0.5, 0.6) is 5.75 Å². The van der Waals surface area contributed by atoms with Crippen molar-refractivity contribution in [2.24, 2.45) is 5.73 Å². The molecule has 1 aliphatic heterocycles. The molecule has 1 aromatic carbocycles. The van der Waals surface area contributed by atoms with E-state index < -0.39 is 17.6 Å². The number of carbonyl (C=O) groups is 1. The Balaban J connectivity index is 1.79. The van der Waals surface area contributed by atoms with Gasteiger partial charge in [0.1, 0.15) is 11.4 Å². The van der Waals surface area contributed by atoms with Gasteiger partial charge in [-0.2, -0.15) is 18.3 Å². The van der Waals surface area contributed by atoms with E-state index in [4.69, 9.17) is 15.2 Å². The zero-order valence-corrected chi connectivity index (χ0v) is 17.7. The summed E-state index contributed by atoms with van der Waals surface area (Å²) in [6.45, 7) is 2.16. The minimum atomic E-state index is -4.54. The van der Waals surface area contributed by atoms with Crippen LogP contribution >= 0.6 is 0 Å². The quantitative estimate of drug-likeness (QED) is 0.611. The topological polar surface area (TPSA) is 92.3 Å². The second kappa shape index (κ2) is 8.60. The van der Waals surface area contributed by atoms with Crippen molar-refractivity contribution in [3.8, 4) is 23.3 Å². The molecule has 0 bridgehead atoms. The number of halogens is 3. The van der Waals surface area contributed by atoms with E-state index in [2.05, 4.69) is 21.9 Å². The third-order valence-electron chi connectivity index (χ3n) is 5.17. The number of carbonyl (C=O) groups excluding carboxylic acids is 1. The third kappa shape index (κ3) is 4.54. The maximum atomic E-state index is 13.3. The largest absolute Gasteiger partial charge is 0.496 e. The Hall–Kier alpha value is -3.84. The zero-order chi connectivity index (χ0) is 23.8. The van der Waals surface area contributed by atoms with Crippen LogP contribution in [0.1, 0.15) is 45.4 Å². The Morgan fingerprint density at radius 1 is 1.27 bits per heavy atom. The normalized spacial score (nSPS) is 15.4. The molecule has 33 heavy (non-hydrogen) atoms. The molecule has 0 spiro atoms. The number of nitrogens with zero attached hydrogens (tertiary/aromatic N) is 3. The SMILES string of the molecule is COc1cc(-n2nc(C#Cc3cncc(C(N)=O)c3)c3c2C[C@H](C)OC3)ccc1C(F)(F)F. The lowest BCUT2D eigenvalue weighted by molar-refractivity contribution is -0.138. The van der Waals surface area contributed by atoms with E-state index in [1.54, 1.807) is 4.68 Å². The zero-order valence-electron chi connectivity index (χ0n) is 17.7. The number of pyridine rings is 1.